The molecule has 1 aromatic carbocycles. The van der Waals surface area contributed by atoms with Gasteiger partial charge >= 0.3 is 0 Å². The van der Waals surface area contributed by atoms with Gasteiger partial charge in [-0.05, 0) is 38.5 Å². The Morgan fingerprint density at radius 2 is 1.86 bits per heavy atom. The lowest BCUT2D eigenvalue weighted by Crippen LogP contribution is -2.13. The van der Waals surface area contributed by atoms with E-state index in [2.05, 4.69) is 48.0 Å². The molecule has 1 aromatic heterocycles. The highest BCUT2D eigenvalue weighted by molar-refractivity contribution is 5.85. The lowest BCUT2D eigenvalue weighted by molar-refractivity contribution is 0.414. The summed E-state index contributed by atoms with van der Waals surface area (Å²) in [6.45, 7) is 8.10. The van der Waals surface area contributed by atoms with Gasteiger partial charge in [-0.15, -0.1) is 12.4 Å². The molecule has 0 atom stereocenters. The van der Waals surface area contributed by atoms with Gasteiger partial charge in [0.15, 0.2) is 0 Å². The van der Waals surface area contributed by atoms with Crippen LogP contribution in [-0.4, -0.2) is 16.9 Å². The predicted octanol–water partition coefficient (Wildman–Crippen LogP) is 3.49. The number of halogens is 1. The zero-order valence-electron chi connectivity index (χ0n) is 13.1. The van der Waals surface area contributed by atoms with E-state index in [0.717, 1.165) is 18.8 Å². The number of rotatable bonds is 6. The molecule has 0 aliphatic rings. The Hall–Kier alpha value is -1.52. The van der Waals surface area contributed by atoms with Gasteiger partial charge in [0, 0.05) is 30.4 Å². The van der Waals surface area contributed by atoms with Crippen LogP contribution >= 0.6 is 12.4 Å². The van der Waals surface area contributed by atoms with Crippen molar-refractivity contribution in [2.24, 2.45) is 0 Å². The van der Waals surface area contributed by atoms with Gasteiger partial charge in [-0.2, -0.15) is 5.10 Å². The highest BCUT2D eigenvalue weighted by atomic mass is 35.5. The lowest BCUT2D eigenvalue weighted by Gasteiger charge is -2.09. The number of ether oxygens (including phenoxy) is 1. The predicted molar refractivity (Wildman–Crippen MR) is 88.1 cm³/mol. The molecule has 4 nitrogen and oxygen atoms in total. The van der Waals surface area contributed by atoms with Crippen LogP contribution in [0.5, 0.6) is 5.75 Å². The molecule has 0 aliphatic carbocycles. The van der Waals surface area contributed by atoms with Gasteiger partial charge in [-0.3, -0.25) is 4.68 Å². The largest absolute Gasteiger partial charge is 0.497 e. The van der Waals surface area contributed by atoms with Crippen molar-refractivity contribution in [3.05, 3.63) is 47.3 Å². The first-order valence-corrected chi connectivity index (χ1v) is 6.98. The van der Waals surface area contributed by atoms with Crippen molar-refractivity contribution in [2.45, 2.75) is 39.9 Å². The van der Waals surface area contributed by atoms with Crippen molar-refractivity contribution in [3.63, 3.8) is 0 Å². The first kappa shape index (κ1) is 17.5. The van der Waals surface area contributed by atoms with Crippen molar-refractivity contribution in [2.75, 3.05) is 7.11 Å². The van der Waals surface area contributed by atoms with Crippen molar-refractivity contribution < 1.29 is 4.74 Å². The van der Waals surface area contributed by atoms with Crippen LogP contribution in [0.3, 0.4) is 0 Å². The topological polar surface area (TPSA) is 39.1 Å². The highest BCUT2D eigenvalue weighted by Crippen LogP contribution is 2.13. The van der Waals surface area contributed by atoms with Gasteiger partial charge in [-0.1, -0.05) is 12.1 Å². The summed E-state index contributed by atoms with van der Waals surface area (Å²) in [6.07, 6.45) is 1.95. The fourth-order valence-electron chi connectivity index (χ4n) is 2.24. The second-order valence-corrected chi connectivity index (χ2v) is 5.25. The maximum atomic E-state index is 5.15. The van der Waals surface area contributed by atoms with Crippen molar-refractivity contribution in [3.8, 4) is 5.75 Å². The minimum Gasteiger partial charge on any atom is -0.497 e. The van der Waals surface area contributed by atoms with E-state index in [0.29, 0.717) is 6.04 Å². The zero-order chi connectivity index (χ0) is 14.5. The van der Waals surface area contributed by atoms with Gasteiger partial charge in [0.25, 0.3) is 0 Å². The molecule has 0 unspecified atom stereocenters. The molecule has 2 rings (SSSR count). The first-order valence-electron chi connectivity index (χ1n) is 6.98. The minimum absolute atomic E-state index is 0. The summed E-state index contributed by atoms with van der Waals surface area (Å²) in [4.78, 5) is 0. The van der Waals surface area contributed by atoms with E-state index in [-0.39, 0.29) is 12.4 Å². The number of aromatic nitrogens is 2. The smallest absolute Gasteiger partial charge is 0.118 e. The van der Waals surface area contributed by atoms with Crippen LogP contribution in [0.2, 0.25) is 0 Å². The fourth-order valence-corrected chi connectivity index (χ4v) is 2.24. The third-order valence-corrected chi connectivity index (χ3v) is 3.44. The van der Waals surface area contributed by atoms with E-state index in [4.69, 9.17) is 4.74 Å². The maximum absolute atomic E-state index is 5.15. The van der Waals surface area contributed by atoms with Gasteiger partial charge < -0.3 is 10.1 Å². The normalized spacial score (nSPS) is 10.5. The molecule has 116 valence electrons. The van der Waals surface area contributed by atoms with Crippen molar-refractivity contribution in [1.82, 2.24) is 15.1 Å². The molecule has 2 aromatic rings. The Morgan fingerprint density at radius 1 is 1.19 bits per heavy atom. The molecule has 0 radical (unpaired) electrons. The van der Waals surface area contributed by atoms with E-state index in [1.165, 1.54) is 16.8 Å². The molecule has 1 heterocycles. The number of benzene rings is 1. The summed E-state index contributed by atoms with van der Waals surface area (Å²) in [5.41, 5.74) is 3.74. The Balaban J connectivity index is 0.00000220. The Labute approximate surface area is 132 Å². The van der Waals surface area contributed by atoms with E-state index >= 15 is 0 Å². The second-order valence-electron chi connectivity index (χ2n) is 5.25. The monoisotopic (exact) mass is 309 g/mol. The molecule has 0 saturated heterocycles. The summed E-state index contributed by atoms with van der Waals surface area (Å²) >= 11 is 0. The van der Waals surface area contributed by atoms with E-state index < -0.39 is 0 Å². The van der Waals surface area contributed by atoms with Crippen LogP contribution in [0.1, 0.15) is 36.7 Å². The number of hydrogen-bond donors (Lipinski definition) is 1. The molecule has 5 heteroatoms. The van der Waals surface area contributed by atoms with Crippen molar-refractivity contribution >= 4 is 12.4 Å². The first-order chi connectivity index (χ1) is 9.61. The van der Waals surface area contributed by atoms with Crippen LogP contribution in [0.15, 0.2) is 30.5 Å². The van der Waals surface area contributed by atoms with Crippen LogP contribution in [0.4, 0.5) is 0 Å². The molecule has 0 amide bonds. The van der Waals surface area contributed by atoms with Crippen molar-refractivity contribution in [1.29, 1.82) is 0 Å². The van der Waals surface area contributed by atoms with Gasteiger partial charge in [-0.25, -0.2) is 0 Å². The summed E-state index contributed by atoms with van der Waals surface area (Å²) in [7, 11) is 1.68. The van der Waals surface area contributed by atoms with Gasteiger partial charge in [0.05, 0.1) is 13.3 Å². The standard InChI is InChI=1S/C16H23N3O.ClH/c1-12(2)19-13(3)15(11-18-19)10-17-9-14-5-7-16(20-4)8-6-14;/h5-8,11-12,17H,9-10H2,1-4H3;1H. The van der Waals surface area contributed by atoms with Crippen LogP contribution in [-0.2, 0) is 13.1 Å². The Morgan fingerprint density at radius 3 is 2.38 bits per heavy atom. The summed E-state index contributed by atoms with van der Waals surface area (Å²) < 4.78 is 7.21. The third kappa shape index (κ3) is 4.48. The second kappa shape index (κ2) is 8.05. The lowest BCUT2D eigenvalue weighted by atomic mass is 10.2. The summed E-state index contributed by atoms with van der Waals surface area (Å²) in [5, 5.41) is 7.88. The molecule has 0 spiro atoms. The maximum Gasteiger partial charge on any atom is 0.118 e. The molecule has 21 heavy (non-hydrogen) atoms. The Bertz CT molecular complexity index is 549. The average molecular weight is 310 g/mol. The molecule has 0 saturated carbocycles. The molecular weight excluding hydrogens is 286 g/mol. The minimum atomic E-state index is 0. The molecule has 1 N–H and O–H groups in total. The Kier molecular flexibility index (Phi) is 6.72. The summed E-state index contributed by atoms with van der Waals surface area (Å²) in [6, 6.07) is 8.54. The highest BCUT2D eigenvalue weighted by Gasteiger charge is 2.08. The zero-order valence-corrected chi connectivity index (χ0v) is 13.9. The van der Waals surface area contributed by atoms with Crippen LogP contribution in [0, 0.1) is 6.92 Å². The quantitative estimate of drug-likeness (QED) is 0.887. The third-order valence-electron chi connectivity index (χ3n) is 3.44. The summed E-state index contributed by atoms with van der Waals surface area (Å²) in [5.74, 6) is 0.891. The van der Waals surface area contributed by atoms with Gasteiger partial charge in [0.1, 0.15) is 5.75 Å². The molecule has 0 bridgehead atoms. The van der Waals surface area contributed by atoms with Crippen LogP contribution in [0.25, 0.3) is 0 Å². The number of hydrogen-bond acceptors (Lipinski definition) is 3. The number of nitrogens with one attached hydrogen (secondary N) is 1. The van der Waals surface area contributed by atoms with Gasteiger partial charge in [0.2, 0.25) is 0 Å². The SMILES string of the molecule is COc1ccc(CNCc2cnn(C(C)C)c2C)cc1.Cl. The van der Waals surface area contributed by atoms with Crippen LogP contribution < -0.4 is 10.1 Å². The van der Waals surface area contributed by atoms with E-state index in [9.17, 15) is 0 Å². The molecular formula is C16H24ClN3O. The van der Waals surface area contributed by atoms with E-state index in [1.807, 2.05) is 18.3 Å². The number of methoxy groups -OCH3 is 1. The number of nitrogens with zero attached hydrogens (tertiary/aromatic N) is 2. The fraction of sp³-hybridized carbons (Fsp3) is 0.438. The average Bonchev–Trinajstić information content (AvgIpc) is 2.81. The van der Waals surface area contributed by atoms with E-state index in [1.54, 1.807) is 7.11 Å². The molecule has 0 fully saturated rings. The molecule has 0 aliphatic heterocycles.